The topological polar surface area (TPSA) is 95.6 Å². The molecule has 0 aromatic heterocycles. The Hall–Kier alpha value is -1.80. The van der Waals surface area contributed by atoms with Crippen LogP contribution in [0.5, 0.6) is 0 Å². The van der Waals surface area contributed by atoms with Crippen LogP contribution in [0.3, 0.4) is 0 Å². The van der Waals surface area contributed by atoms with Crippen molar-refractivity contribution in [1.82, 2.24) is 5.32 Å². The van der Waals surface area contributed by atoms with Crippen molar-refractivity contribution in [3.63, 3.8) is 0 Å². The van der Waals surface area contributed by atoms with E-state index >= 15 is 0 Å². The fourth-order valence-corrected chi connectivity index (χ4v) is 3.76. The lowest BCUT2D eigenvalue weighted by Gasteiger charge is -2.18. The van der Waals surface area contributed by atoms with Gasteiger partial charge in [0.2, 0.25) is 10.0 Å². The van der Waals surface area contributed by atoms with E-state index in [1.807, 2.05) is 0 Å². The van der Waals surface area contributed by atoms with E-state index in [4.69, 9.17) is 11.6 Å². The summed E-state index contributed by atoms with van der Waals surface area (Å²) >= 11 is 6.02. The van der Waals surface area contributed by atoms with Crippen LogP contribution >= 0.6 is 11.6 Å². The van der Waals surface area contributed by atoms with Gasteiger partial charge in [-0.25, -0.2) is 8.42 Å². The minimum absolute atomic E-state index is 0.111. The van der Waals surface area contributed by atoms with Crippen molar-refractivity contribution >= 4 is 44.8 Å². The summed E-state index contributed by atoms with van der Waals surface area (Å²) in [5.41, 5.74) is 0.682. The van der Waals surface area contributed by atoms with Gasteiger partial charge in [0.1, 0.15) is 0 Å². The summed E-state index contributed by atoms with van der Waals surface area (Å²) in [4.78, 5) is 22.6. The first-order chi connectivity index (χ1) is 9.85. The molecule has 1 fully saturated rings. The standard InChI is InChI=1S/C12H14ClN3O4S/c1-14-11(17)12(18)15-10-4-3-8(7-9(10)13)16-5-2-6-21(16,19)20/h3-4,7H,2,5-6H2,1H3,(H,14,17)(H,15,18). The highest BCUT2D eigenvalue weighted by atomic mass is 35.5. The molecule has 0 atom stereocenters. The molecular formula is C12H14ClN3O4S. The first-order valence-electron chi connectivity index (χ1n) is 6.18. The largest absolute Gasteiger partial charge is 0.351 e. The molecule has 7 nitrogen and oxygen atoms in total. The zero-order valence-corrected chi connectivity index (χ0v) is 12.8. The molecule has 0 spiro atoms. The van der Waals surface area contributed by atoms with Crippen LogP contribution in [0.4, 0.5) is 11.4 Å². The zero-order chi connectivity index (χ0) is 15.6. The third-order valence-electron chi connectivity index (χ3n) is 3.02. The van der Waals surface area contributed by atoms with Crippen LogP contribution in [-0.4, -0.2) is 39.6 Å². The summed E-state index contributed by atoms with van der Waals surface area (Å²) in [6, 6.07) is 4.45. The molecule has 0 unspecified atom stereocenters. The average molecular weight is 332 g/mol. The predicted molar refractivity (Wildman–Crippen MR) is 79.9 cm³/mol. The Morgan fingerprint density at radius 3 is 2.52 bits per heavy atom. The second-order valence-electron chi connectivity index (χ2n) is 4.44. The normalized spacial score (nSPS) is 16.6. The molecule has 0 radical (unpaired) electrons. The van der Waals surface area contributed by atoms with Crippen molar-refractivity contribution in [2.45, 2.75) is 6.42 Å². The Balaban J connectivity index is 2.22. The first kappa shape index (κ1) is 15.6. The van der Waals surface area contributed by atoms with Crippen molar-refractivity contribution in [3.05, 3.63) is 23.2 Å². The second kappa shape index (κ2) is 5.90. The van der Waals surface area contributed by atoms with Crippen LogP contribution in [0.25, 0.3) is 0 Å². The summed E-state index contributed by atoms with van der Waals surface area (Å²) in [5, 5.41) is 4.70. The van der Waals surface area contributed by atoms with Crippen LogP contribution in [0, 0.1) is 0 Å². The van der Waals surface area contributed by atoms with Crippen LogP contribution < -0.4 is 14.9 Å². The maximum atomic E-state index is 11.8. The van der Waals surface area contributed by atoms with Crippen molar-refractivity contribution in [3.8, 4) is 0 Å². The molecule has 1 aliphatic heterocycles. The maximum Gasteiger partial charge on any atom is 0.313 e. The van der Waals surface area contributed by atoms with Crippen LogP contribution in [0.2, 0.25) is 5.02 Å². The molecule has 21 heavy (non-hydrogen) atoms. The van der Waals surface area contributed by atoms with E-state index in [9.17, 15) is 18.0 Å². The molecule has 2 rings (SSSR count). The maximum absolute atomic E-state index is 11.8. The Kier molecular flexibility index (Phi) is 4.38. The minimum Gasteiger partial charge on any atom is -0.351 e. The summed E-state index contributed by atoms with van der Waals surface area (Å²) in [5.74, 6) is -1.53. The fourth-order valence-electron chi connectivity index (χ4n) is 1.98. The Morgan fingerprint density at radius 2 is 2.00 bits per heavy atom. The van der Waals surface area contributed by atoms with Gasteiger partial charge in [-0.2, -0.15) is 0 Å². The number of carbonyl (C=O) groups excluding carboxylic acids is 2. The van der Waals surface area contributed by atoms with Gasteiger partial charge in [-0.1, -0.05) is 11.6 Å². The second-order valence-corrected chi connectivity index (χ2v) is 6.86. The molecule has 0 saturated carbocycles. The van der Waals surface area contributed by atoms with E-state index in [0.29, 0.717) is 18.7 Å². The van der Waals surface area contributed by atoms with Crippen molar-refractivity contribution in [2.75, 3.05) is 29.0 Å². The summed E-state index contributed by atoms with van der Waals surface area (Å²) in [7, 11) is -1.95. The molecule has 1 aromatic carbocycles. The Bertz CT molecular complexity index is 690. The van der Waals surface area contributed by atoms with Crippen LogP contribution in [-0.2, 0) is 19.6 Å². The number of nitrogens with one attached hydrogen (secondary N) is 2. The number of sulfonamides is 1. The summed E-state index contributed by atoms with van der Waals surface area (Å²) < 4.78 is 24.9. The number of anilines is 2. The van der Waals surface area contributed by atoms with E-state index < -0.39 is 21.8 Å². The van der Waals surface area contributed by atoms with Gasteiger partial charge in [-0.15, -0.1) is 0 Å². The number of nitrogens with zero attached hydrogens (tertiary/aromatic N) is 1. The van der Waals surface area contributed by atoms with Gasteiger partial charge < -0.3 is 10.6 Å². The monoisotopic (exact) mass is 331 g/mol. The van der Waals surface area contributed by atoms with Gasteiger partial charge in [0.25, 0.3) is 0 Å². The Labute approximate surface area is 127 Å². The fraction of sp³-hybridized carbons (Fsp3) is 0.333. The molecule has 114 valence electrons. The number of halogens is 1. The van der Waals surface area contributed by atoms with E-state index in [1.165, 1.54) is 29.6 Å². The lowest BCUT2D eigenvalue weighted by molar-refractivity contribution is -0.135. The van der Waals surface area contributed by atoms with Gasteiger partial charge in [0.15, 0.2) is 0 Å². The highest BCUT2D eigenvalue weighted by molar-refractivity contribution is 7.93. The van der Waals surface area contributed by atoms with Gasteiger partial charge >= 0.3 is 11.8 Å². The molecular weight excluding hydrogens is 318 g/mol. The first-order valence-corrected chi connectivity index (χ1v) is 8.17. The molecule has 2 amide bonds. The minimum atomic E-state index is -3.29. The van der Waals surface area contributed by atoms with E-state index in [0.717, 1.165) is 0 Å². The lowest BCUT2D eigenvalue weighted by atomic mass is 10.2. The number of hydrogen-bond donors (Lipinski definition) is 2. The number of benzene rings is 1. The number of likely N-dealkylation sites (N-methyl/N-ethyl adjacent to an activating group) is 1. The number of rotatable bonds is 2. The van der Waals surface area contributed by atoms with Gasteiger partial charge in [-0.05, 0) is 24.6 Å². The number of hydrogen-bond acceptors (Lipinski definition) is 4. The molecule has 9 heteroatoms. The molecule has 1 aromatic rings. The van der Waals surface area contributed by atoms with E-state index in [-0.39, 0.29) is 16.5 Å². The summed E-state index contributed by atoms with van der Waals surface area (Å²) in [6.45, 7) is 0.405. The third kappa shape index (κ3) is 3.27. The molecule has 2 N–H and O–H groups in total. The van der Waals surface area contributed by atoms with Crippen molar-refractivity contribution in [1.29, 1.82) is 0 Å². The molecule has 0 aliphatic carbocycles. The highest BCUT2D eigenvalue weighted by Gasteiger charge is 2.28. The third-order valence-corrected chi connectivity index (χ3v) is 5.20. The Morgan fingerprint density at radius 1 is 1.29 bits per heavy atom. The van der Waals surface area contributed by atoms with Crippen LogP contribution in [0.15, 0.2) is 18.2 Å². The van der Waals surface area contributed by atoms with Crippen molar-refractivity contribution in [2.24, 2.45) is 0 Å². The van der Waals surface area contributed by atoms with Crippen LogP contribution in [0.1, 0.15) is 6.42 Å². The van der Waals surface area contributed by atoms with Gasteiger partial charge in [0.05, 0.1) is 22.2 Å². The molecule has 0 bridgehead atoms. The smallest absolute Gasteiger partial charge is 0.313 e. The number of amides is 2. The lowest BCUT2D eigenvalue weighted by Crippen LogP contribution is -2.32. The SMILES string of the molecule is CNC(=O)C(=O)Nc1ccc(N2CCCS2(=O)=O)cc1Cl. The molecule has 1 aliphatic rings. The zero-order valence-electron chi connectivity index (χ0n) is 11.2. The average Bonchev–Trinajstić information content (AvgIpc) is 2.79. The molecule has 1 saturated heterocycles. The van der Waals surface area contributed by atoms with E-state index in [1.54, 1.807) is 0 Å². The summed E-state index contributed by atoms with van der Waals surface area (Å²) in [6.07, 6.45) is 0.565. The number of carbonyl (C=O) groups is 2. The highest BCUT2D eigenvalue weighted by Crippen LogP contribution is 2.31. The quantitative estimate of drug-likeness (QED) is 0.774. The van der Waals surface area contributed by atoms with Crippen molar-refractivity contribution < 1.29 is 18.0 Å². The molecule has 1 heterocycles. The van der Waals surface area contributed by atoms with Gasteiger partial charge in [-0.3, -0.25) is 13.9 Å². The van der Waals surface area contributed by atoms with E-state index in [2.05, 4.69) is 10.6 Å². The predicted octanol–water partition coefficient (Wildman–Crippen LogP) is 0.564. The van der Waals surface area contributed by atoms with Gasteiger partial charge in [0, 0.05) is 13.6 Å².